The zero-order chi connectivity index (χ0) is 16.4. The minimum absolute atomic E-state index is 0.0949. The lowest BCUT2D eigenvalue weighted by Crippen LogP contribution is -2.47. The van der Waals surface area contributed by atoms with E-state index in [1.165, 1.54) is 64.2 Å². The summed E-state index contributed by atoms with van der Waals surface area (Å²) in [4.78, 5) is 17.3. The van der Waals surface area contributed by atoms with Gasteiger partial charge in [-0.1, -0.05) is 64.2 Å². The second-order valence-corrected chi connectivity index (χ2v) is 7.47. The van der Waals surface area contributed by atoms with Gasteiger partial charge in [-0.15, -0.1) is 0 Å². The molecule has 0 amide bonds. The summed E-state index contributed by atoms with van der Waals surface area (Å²) in [5.41, 5.74) is 0. The highest BCUT2D eigenvalue weighted by Gasteiger charge is 2.29. The first-order chi connectivity index (χ1) is 10.5. The number of carbonyl (C=O) groups excluding carboxylic acids is 1. The topological polar surface area (TPSA) is 23.6 Å². The summed E-state index contributed by atoms with van der Waals surface area (Å²) in [7, 11) is 8.24. The third-order valence-electron chi connectivity index (χ3n) is 5.11. The van der Waals surface area contributed by atoms with Gasteiger partial charge in [0, 0.05) is 0 Å². The van der Waals surface area contributed by atoms with Crippen molar-refractivity contribution in [1.82, 2.24) is 9.80 Å². The van der Waals surface area contributed by atoms with E-state index in [9.17, 15) is 4.79 Å². The zero-order valence-corrected chi connectivity index (χ0v) is 15.4. The van der Waals surface area contributed by atoms with Crippen molar-refractivity contribution in [3.63, 3.8) is 0 Å². The van der Waals surface area contributed by atoms with Crippen molar-refractivity contribution in [3.8, 4) is 0 Å². The number of hydrogen-bond donors (Lipinski definition) is 0. The molecular formula is C19H38N2O. The average molecular weight is 311 g/mol. The van der Waals surface area contributed by atoms with E-state index >= 15 is 0 Å². The third kappa shape index (κ3) is 7.23. The van der Waals surface area contributed by atoms with Crippen LogP contribution in [0, 0.1) is 0 Å². The van der Waals surface area contributed by atoms with Gasteiger partial charge in [-0.2, -0.15) is 0 Å². The van der Waals surface area contributed by atoms with E-state index in [1.807, 2.05) is 0 Å². The maximum absolute atomic E-state index is 13.0. The van der Waals surface area contributed by atoms with Crippen LogP contribution in [0.15, 0.2) is 0 Å². The molecule has 2 unspecified atom stereocenters. The number of Topliss-reactive ketones (excluding diaryl/α,β-unsaturated/α-hetero) is 1. The van der Waals surface area contributed by atoms with Gasteiger partial charge in [-0.25, -0.2) is 0 Å². The smallest absolute Gasteiger partial charge is 0.166 e. The van der Waals surface area contributed by atoms with Gasteiger partial charge in [0.25, 0.3) is 0 Å². The summed E-state index contributed by atoms with van der Waals surface area (Å²) in [6, 6.07) is 0.190. The second kappa shape index (κ2) is 11.2. The molecule has 0 aliphatic heterocycles. The molecule has 22 heavy (non-hydrogen) atoms. The summed E-state index contributed by atoms with van der Waals surface area (Å²) in [5, 5.41) is 0. The summed E-state index contributed by atoms with van der Waals surface area (Å²) < 4.78 is 0. The fourth-order valence-electron chi connectivity index (χ4n) is 3.62. The minimum Gasteiger partial charge on any atom is -0.300 e. The summed E-state index contributed by atoms with van der Waals surface area (Å²) in [5.74, 6) is 0.435. The standard InChI is InChI=1S/C19H38N2O/c1-20(2)17-15-13-11-9-7-5-6-8-10-12-14-16-18(19(17)22)21(3)4/h17-18H,5-16H2,1-4H3. The van der Waals surface area contributed by atoms with Crippen LogP contribution in [0.4, 0.5) is 0 Å². The molecule has 1 rings (SSSR count). The molecule has 0 heterocycles. The van der Waals surface area contributed by atoms with Gasteiger partial charge in [-0.05, 0) is 41.0 Å². The van der Waals surface area contributed by atoms with Gasteiger partial charge < -0.3 is 0 Å². The quantitative estimate of drug-likeness (QED) is 0.767. The third-order valence-corrected chi connectivity index (χ3v) is 5.11. The largest absolute Gasteiger partial charge is 0.300 e. The molecule has 0 N–H and O–H groups in total. The molecule has 0 aromatic rings. The maximum Gasteiger partial charge on any atom is 0.166 e. The van der Waals surface area contributed by atoms with Crippen LogP contribution in [0.3, 0.4) is 0 Å². The average Bonchev–Trinajstić information content (AvgIpc) is 2.46. The van der Waals surface area contributed by atoms with Crippen molar-refractivity contribution in [3.05, 3.63) is 0 Å². The second-order valence-electron chi connectivity index (χ2n) is 7.47. The molecule has 0 spiro atoms. The fourth-order valence-corrected chi connectivity index (χ4v) is 3.62. The molecule has 130 valence electrons. The first-order valence-electron chi connectivity index (χ1n) is 9.40. The van der Waals surface area contributed by atoms with Crippen LogP contribution in [-0.4, -0.2) is 55.9 Å². The van der Waals surface area contributed by atoms with E-state index in [1.54, 1.807) is 0 Å². The van der Waals surface area contributed by atoms with Crippen LogP contribution < -0.4 is 0 Å². The Kier molecular flexibility index (Phi) is 9.98. The first kappa shape index (κ1) is 19.6. The summed E-state index contributed by atoms with van der Waals surface area (Å²) >= 11 is 0. The van der Waals surface area contributed by atoms with Crippen molar-refractivity contribution in [2.24, 2.45) is 0 Å². The predicted octanol–water partition coefficient (Wildman–Crippen LogP) is 4.11. The monoisotopic (exact) mass is 310 g/mol. The molecule has 0 aromatic carbocycles. The molecule has 1 aliphatic carbocycles. The van der Waals surface area contributed by atoms with E-state index < -0.39 is 0 Å². The normalized spacial score (nSPS) is 27.6. The van der Waals surface area contributed by atoms with E-state index in [0.717, 1.165) is 12.8 Å². The summed E-state index contributed by atoms with van der Waals surface area (Å²) in [6.07, 6.45) is 15.2. The van der Waals surface area contributed by atoms with Crippen LogP contribution >= 0.6 is 0 Å². The Balaban J connectivity index is 2.68. The number of hydrogen-bond acceptors (Lipinski definition) is 3. The van der Waals surface area contributed by atoms with E-state index in [4.69, 9.17) is 0 Å². The highest BCUT2D eigenvalue weighted by atomic mass is 16.1. The highest BCUT2D eigenvalue weighted by Crippen LogP contribution is 2.19. The Morgan fingerprint density at radius 1 is 0.591 bits per heavy atom. The van der Waals surface area contributed by atoms with Crippen LogP contribution in [-0.2, 0) is 4.79 Å². The molecule has 0 bridgehead atoms. The Morgan fingerprint density at radius 3 is 1.14 bits per heavy atom. The minimum atomic E-state index is 0.0949. The molecule has 3 heteroatoms. The molecule has 3 nitrogen and oxygen atoms in total. The number of nitrogens with zero attached hydrogens (tertiary/aromatic N) is 2. The van der Waals surface area contributed by atoms with E-state index in [2.05, 4.69) is 38.0 Å². The molecule has 1 saturated carbocycles. The van der Waals surface area contributed by atoms with Gasteiger partial charge in [0.15, 0.2) is 5.78 Å². The van der Waals surface area contributed by atoms with Crippen molar-refractivity contribution < 1.29 is 4.79 Å². The molecule has 0 aromatic heterocycles. The van der Waals surface area contributed by atoms with E-state index in [-0.39, 0.29) is 12.1 Å². The lowest BCUT2D eigenvalue weighted by atomic mass is 9.94. The predicted molar refractivity (Wildman–Crippen MR) is 95.4 cm³/mol. The van der Waals surface area contributed by atoms with Gasteiger partial charge in [0.2, 0.25) is 0 Å². The van der Waals surface area contributed by atoms with Gasteiger partial charge in [-0.3, -0.25) is 14.6 Å². The summed E-state index contributed by atoms with van der Waals surface area (Å²) in [6.45, 7) is 0. The number of carbonyl (C=O) groups is 1. The molecule has 2 atom stereocenters. The van der Waals surface area contributed by atoms with Crippen molar-refractivity contribution in [2.75, 3.05) is 28.2 Å². The number of ketones is 1. The van der Waals surface area contributed by atoms with Crippen molar-refractivity contribution in [1.29, 1.82) is 0 Å². The van der Waals surface area contributed by atoms with E-state index in [0.29, 0.717) is 5.78 Å². The Morgan fingerprint density at radius 2 is 0.864 bits per heavy atom. The SMILES string of the molecule is CN(C)C1CCCCCCCCCCCCC(N(C)C)C1=O. The lowest BCUT2D eigenvalue weighted by Gasteiger charge is -2.31. The molecule has 1 fully saturated rings. The Bertz CT molecular complexity index is 274. The molecule has 0 radical (unpaired) electrons. The first-order valence-corrected chi connectivity index (χ1v) is 9.40. The zero-order valence-electron chi connectivity index (χ0n) is 15.4. The Hall–Kier alpha value is -0.410. The maximum atomic E-state index is 13.0. The molecule has 0 saturated heterocycles. The van der Waals surface area contributed by atoms with Crippen molar-refractivity contribution >= 4 is 5.78 Å². The lowest BCUT2D eigenvalue weighted by molar-refractivity contribution is -0.128. The number of likely N-dealkylation sites (N-methyl/N-ethyl adjacent to an activating group) is 2. The Labute approximate surface area is 138 Å². The fraction of sp³-hybridized carbons (Fsp3) is 0.947. The van der Waals surface area contributed by atoms with Crippen LogP contribution in [0.5, 0.6) is 0 Å². The van der Waals surface area contributed by atoms with Gasteiger partial charge in [0.05, 0.1) is 12.1 Å². The van der Waals surface area contributed by atoms with Gasteiger partial charge in [0.1, 0.15) is 0 Å². The van der Waals surface area contributed by atoms with Gasteiger partial charge >= 0.3 is 0 Å². The van der Waals surface area contributed by atoms with Crippen molar-refractivity contribution in [2.45, 2.75) is 89.1 Å². The molecule has 1 aliphatic rings. The molecular weight excluding hydrogens is 272 g/mol. The van der Waals surface area contributed by atoms with Crippen LogP contribution in [0.25, 0.3) is 0 Å². The highest BCUT2D eigenvalue weighted by molar-refractivity contribution is 5.89. The van der Waals surface area contributed by atoms with Crippen LogP contribution in [0.1, 0.15) is 77.0 Å². The van der Waals surface area contributed by atoms with Crippen LogP contribution in [0.2, 0.25) is 0 Å². The number of rotatable bonds is 2.